The lowest BCUT2D eigenvalue weighted by atomic mass is 10.1. The van der Waals surface area contributed by atoms with Gasteiger partial charge in [-0.05, 0) is 31.2 Å². The molecule has 11 heteroatoms. The van der Waals surface area contributed by atoms with E-state index in [1.54, 1.807) is 24.3 Å². The molecule has 0 aliphatic carbocycles. The number of non-ortho nitro benzene ring substituents is 1. The van der Waals surface area contributed by atoms with Gasteiger partial charge in [-0.2, -0.15) is 0 Å². The summed E-state index contributed by atoms with van der Waals surface area (Å²) in [4.78, 5) is 22.1. The Labute approximate surface area is 156 Å². The Hall–Kier alpha value is -2.92. The highest BCUT2D eigenvalue weighted by atomic mass is 32.2. The van der Waals surface area contributed by atoms with Crippen molar-refractivity contribution in [3.05, 3.63) is 51.5 Å². The zero-order chi connectivity index (χ0) is 18.5. The first kappa shape index (κ1) is 17.9. The van der Waals surface area contributed by atoms with Gasteiger partial charge in [-0.1, -0.05) is 23.1 Å². The number of aryl methyl sites for hydroxylation is 1. The maximum atomic E-state index is 11.9. The van der Waals surface area contributed by atoms with Gasteiger partial charge in [0.05, 0.1) is 16.4 Å². The van der Waals surface area contributed by atoms with Crippen molar-refractivity contribution in [2.24, 2.45) is 0 Å². The standard InChI is InChI=1S/C15H12N6O3S2/c1-9-17-20-15(26-9)16-13(22)8-25-14-7-6-12(18-19-14)10-2-4-11(5-3-10)21(23)24/h2-7H,8H2,1H3,(H,16,20,22). The zero-order valence-electron chi connectivity index (χ0n) is 13.4. The molecule has 1 aromatic carbocycles. The molecule has 3 aromatic rings. The fraction of sp³-hybridized carbons (Fsp3) is 0.133. The number of anilines is 1. The second kappa shape index (κ2) is 7.97. The summed E-state index contributed by atoms with van der Waals surface area (Å²) in [7, 11) is 0. The summed E-state index contributed by atoms with van der Waals surface area (Å²) in [5, 5.41) is 31.0. The summed E-state index contributed by atoms with van der Waals surface area (Å²) in [5.74, 6) is -0.0307. The molecule has 26 heavy (non-hydrogen) atoms. The summed E-state index contributed by atoms with van der Waals surface area (Å²) < 4.78 is 0. The number of carbonyl (C=O) groups is 1. The minimum Gasteiger partial charge on any atom is -0.300 e. The van der Waals surface area contributed by atoms with E-state index < -0.39 is 4.92 Å². The molecule has 0 aliphatic rings. The van der Waals surface area contributed by atoms with Gasteiger partial charge >= 0.3 is 0 Å². The molecule has 0 saturated carbocycles. The molecule has 132 valence electrons. The van der Waals surface area contributed by atoms with Crippen LogP contribution < -0.4 is 5.32 Å². The maximum Gasteiger partial charge on any atom is 0.269 e. The van der Waals surface area contributed by atoms with E-state index in [4.69, 9.17) is 0 Å². The number of amides is 1. The van der Waals surface area contributed by atoms with Gasteiger partial charge in [-0.3, -0.25) is 20.2 Å². The summed E-state index contributed by atoms with van der Waals surface area (Å²) in [6.45, 7) is 1.81. The highest BCUT2D eigenvalue weighted by Crippen LogP contribution is 2.22. The van der Waals surface area contributed by atoms with Crippen molar-refractivity contribution < 1.29 is 9.72 Å². The number of nitrogens with zero attached hydrogens (tertiary/aromatic N) is 5. The molecule has 9 nitrogen and oxygen atoms in total. The van der Waals surface area contributed by atoms with Crippen molar-refractivity contribution in [2.45, 2.75) is 11.9 Å². The highest BCUT2D eigenvalue weighted by molar-refractivity contribution is 7.99. The molecular formula is C15H12N6O3S2. The first-order valence-electron chi connectivity index (χ1n) is 7.32. The summed E-state index contributed by atoms with van der Waals surface area (Å²) in [5.41, 5.74) is 1.34. The topological polar surface area (TPSA) is 124 Å². The number of nitro groups is 1. The normalized spacial score (nSPS) is 10.5. The van der Waals surface area contributed by atoms with Gasteiger partial charge in [-0.15, -0.1) is 20.4 Å². The molecule has 0 unspecified atom stereocenters. The average Bonchev–Trinajstić information content (AvgIpc) is 3.05. The van der Waals surface area contributed by atoms with Crippen LogP contribution in [0.1, 0.15) is 5.01 Å². The molecule has 2 heterocycles. The van der Waals surface area contributed by atoms with Gasteiger partial charge in [0.1, 0.15) is 10.0 Å². The predicted molar refractivity (Wildman–Crippen MR) is 98.1 cm³/mol. The van der Waals surface area contributed by atoms with E-state index in [1.807, 2.05) is 6.92 Å². The number of aromatic nitrogens is 4. The number of nitro benzene ring substituents is 1. The third kappa shape index (κ3) is 4.58. The molecular weight excluding hydrogens is 376 g/mol. The Morgan fingerprint density at radius 1 is 1.15 bits per heavy atom. The second-order valence-electron chi connectivity index (χ2n) is 5.02. The minimum absolute atomic E-state index is 0.0190. The summed E-state index contributed by atoms with van der Waals surface area (Å²) >= 11 is 2.55. The fourth-order valence-corrected chi connectivity index (χ4v) is 3.17. The molecule has 0 spiro atoms. The van der Waals surface area contributed by atoms with Crippen LogP contribution in [0.3, 0.4) is 0 Å². The molecule has 1 amide bonds. The van der Waals surface area contributed by atoms with Crippen molar-refractivity contribution >= 4 is 39.8 Å². The lowest BCUT2D eigenvalue weighted by Gasteiger charge is -2.03. The number of hydrogen-bond acceptors (Lipinski definition) is 9. The van der Waals surface area contributed by atoms with Gasteiger partial charge < -0.3 is 0 Å². The van der Waals surface area contributed by atoms with Crippen LogP contribution in [0.2, 0.25) is 0 Å². The zero-order valence-corrected chi connectivity index (χ0v) is 15.1. The number of thioether (sulfide) groups is 1. The maximum absolute atomic E-state index is 11.9. The van der Waals surface area contributed by atoms with Gasteiger partial charge in [0.2, 0.25) is 11.0 Å². The van der Waals surface area contributed by atoms with Crippen LogP contribution in [0.4, 0.5) is 10.8 Å². The number of rotatable bonds is 6. The van der Waals surface area contributed by atoms with Crippen molar-refractivity contribution in [2.75, 3.05) is 11.1 Å². The fourth-order valence-electron chi connectivity index (χ4n) is 1.95. The van der Waals surface area contributed by atoms with E-state index in [2.05, 4.69) is 25.7 Å². The first-order chi connectivity index (χ1) is 12.5. The van der Waals surface area contributed by atoms with E-state index >= 15 is 0 Å². The van der Waals surface area contributed by atoms with Crippen molar-refractivity contribution in [1.82, 2.24) is 20.4 Å². The SMILES string of the molecule is Cc1nnc(NC(=O)CSc2ccc(-c3ccc([N+](=O)[O-])cc3)nn2)s1. The second-order valence-corrected chi connectivity index (χ2v) is 7.20. The van der Waals surface area contributed by atoms with Crippen LogP contribution in [0.5, 0.6) is 0 Å². The van der Waals surface area contributed by atoms with Crippen LogP contribution in [0.25, 0.3) is 11.3 Å². The lowest BCUT2D eigenvalue weighted by Crippen LogP contribution is -2.14. The van der Waals surface area contributed by atoms with Crippen LogP contribution in [-0.2, 0) is 4.79 Å². The molecule has 0 atom stereocenters. The van der Waals surface area contributed by atoms with E-state index in [-0.39, 0.29) is 17.3 Å². The number of hydrogen-bond donors (Lipinski definition) is 1. The number of nitrogens with one attached hydrogen (secondary N) is 1. The molecule has 0 radical (unpaired) electrons. The van der Waals surface area contributed by atoms with Gasteiger partial charge in [0.15, 0.2) is 0 Å². The molecule has 3 rings (SSSR count). The summed E-state index contributed by atoms with van der Waals surface area (Å²) in [6.07, 6.45) is 0. The Bertz CT molecular complexity index is 927. The first-order valence-corrected chi connectivity index (χ1v) is 9.13. The monoisotopic (exact) mass is 388 g/mol. The van der Waals surface area contributed by atoms with Crippen molar-refractivity contribution in [1.29, 1.82) is 0 Å². The molecule has 0 fully saturated rings. The lowest BCUT2D eigenvalue weighted by molar-refractivity contribution is -0.384. The van der Waals surface area contributed by atoms with Gasteiger partial charge in [0.25, 0.3) is 5.69 Å². The third-order valence-corrected chi connectivity index (χ3v) is 4.81. The van der Waals surface area contributed by atoms with Crippen LogP contribution in [0.15, 0.2) is 41.4 Å². The van der Waals surface area contributed by atoms with Crippen LogP contribution in [-0.4, -0.2) is 37.0 Å². The number of benzene rings is 1. The van der Waals surface area contributed by atoms with Crippen molar-refractivity contribution in [3.63, 3.8) is 0 Å². The Morgan fingerprint density at radius 3 is 2.50 bits per heavy atom. The van der Waals surface area contributed by atoms with Crippen LogP contribution in [0, 0.1) is 17.0 Å². The summed E-state index contributed by atoms with van der Waals surface area (Å²) in [6, 6.07) is 9.57. The molecule has 0 bridgehead atoms. The molecule has 0 saturated heterocycles. The average molecular weight is 388 g/mol. The minimum atomic E-state index is -0.455. The van der Waals surface area contributed by atoms with E-state index in [0.717, 1.165) is 10.6 Å². The van der Waals surface area contributed by atoms with Crippen LogP contribution >= 0.6 is 23.1 Å². The van der Waals surface area contributed by atoms with E-state index in [0.29, 0.717) is 15.9 Å². The quantitative estimate of drug-likeness (QED) is 0.388. The molecule has 0 aliphatic heterocycles. The highest BCUT2D eigenvalue weighted by Gasteiger charge is 2.09. The van der Waals surface area contributed by atoms with Gasteiger partial charge in [-0.25, -0.2) is 0 Å². The third-order valence-electron chi connectivity index (χ3n) is 3.14. The molecule has 2 aromatic heterocycles. The molecule has 1 N–H and O–H groups in total. The largest absolute Gasteiger partial charge is 0.300 e. The Morgan fingerprint density at radius 2 is 1.92 bits per heavy atom. The van der Waals surface area contributed by atoms with Gasteiger partial charge in [0, 0.05) is 17.7 Å². The van der Waals surface area contributed by atoms with Crippen molar-refractivity contribution in [3.8, 4) is 11.3 Å². The number of carbonyl (C=O) groups excluding carboxylic acids is 1. The Kier molecular flexibility index (Phi) is 5.49. The van der Waals surface area contributed by atoms with E-state index in [1.165, 1.54) is 35.2 Å². The van der Waals surface area contributed by atoms with E-state index in [9.17, 15) is 14.9 Å². The predicted octanol–water partition coefficient (Wildman–Crippen LogP) is 2.94. The smallest absolute Gasteiger partial charge is 0.269 e. The Balaban J connectivity index is 1.57.